The molecule has 2 atom stereocenters. The number of hydrogen-bond acceptors (Lipinski definition) is 5. The number of rotatable bonds is 8. The van der Waals surface area contributed by atoms with Crippen LogP contribution in [0.3, 0.4) is 0 Å². The average molecular weight is 460 g/mol. The first-order valence-electron chi connectivity index (χ1n) is 9.86. The van der Waals surface area contributed by atoms with Gasteiger partial charge in [-0.2, -0.15) is 5.10 Å². The number of ether oxygens (including phenoxy) is 1. The fourth-order valence-electron chi connectivity index (χ4n) is 2.63. The number of fused-ring (bicyclic) bond motifs is 1. The van der Waals surface area contributed by atoms with Crippen LogP contribution in [0.5, 0.6) is 0 Å². The third kappa shape index (κ3) is 6.33. The number of hydrogen-bond donors (Lipinski definition) is 1. The molecule has 1 aromatic heterocycles. The van der Waals surface area contributed by atoms with Crippen molar-refractivity contribution in [3.8, 4) is 0 Å². The Hall–Kier alpha value is -1.33. The van der Waals surface area contributed by atoms with Crippen LogP contribution in [0.4, 0.5) is 8.78 Å². The van der Waals surface area contributed by atoms with Gasteiger partial charge in [-0.05, 0) is 45.9 Å². The predicted octanol–water partition coefficient (Wildman–Crippen LogP) is 4.10. The minimum absolute atomic E-state index is 0.00267. The Bertz CT molecular complexity index is 957. The summed E-state index contributed by atoms with van der Waals surface area (Å²) in [4.78, 5) is 12.8. The molecule has 0 fully saturated rings. The van der Waals surface area contributed by atoms with Crippen molar-refractivity contribution in [1.82, 2.24) is 14.5 Å². The molecular weight excluding hydrogens is 428 g/mol. The summed E-state index contributed by atoms with van der Waals surface area (Å²) in [6, 6.07) is 2.18. The average Bonchev–Trinajstić information content (AvgIpc) is 2.60. The first kappa shape index (κ1) is 24.9. The second-order valence-corrected chi connectivity index (χ2v) is 17.2. The summed E-state index contributed by atoms with van der Waals surface area (Å²) in [6.07, 6.45) is 0. The molecular formula is C20H31F2N3O3SSi. The third-order valence-corrected chi connectivity index (χ3v) is 7.87. The maximum Gasteiger partial charge on any atom is 0.276 e. The van der Waals surface area contributed by atoms with Gasteiger partial charge in [-0.25, -0.2) is 13.5 Å². The zero-order valence-corrected chi connectivity index (χ0v) is 20.5. The van der Waals surface area contributed by atoms with Crippen LogP contribution in [0, 0.1) is 11.6 Å². The van der Waals surface area contributed by atoms with Crippen molar-refractivity contribution in [3.63, 3.8) is 0 Å². The summed E-state index contributed by atoms with van der Waals surface area (Å²) in [5.41, 5.74) is -0.264. The molecule has 0 aliphatic heterocycles. The molecule has 1 N–H and O–H groups in total. The molecule has 0 aliphatic carbocycles. The Labute approximate surface area is 180 Å². The Morgan fingerprint density at radius 2 is 1.80 bits per heavy atom. The fraction of sp³-hybridized carbons (Fsp3) is 0.600. The predicted molar refractivity (Wildman–Crippen MR) is 119 cm³/mol. The van der Waals surface area contributed by atoms with E-state index in [0.717, 1.165) is 22.9 Å². The Morgan fingerprint density at radius 3 is 2.33 bits per heavy atom. The van der Waals surface area contributed by atoms with Gasteiger partial charge in [0, 0.05) is 31.4 Å². The second kappa shape index (κ2) is 9.43. The standard InChI is InChI=1S/C20H31F2N3O3SSi/c1-13(24-29(27)20(2,3)4)18-14-10-16(21)17(22)11-15(14)19(26)25(23-18)12-28-8-9-30(5,6)7/h10-11,13,24H,8-9,12H2,1-7H3/t13-,29+/m1/s1. The lowest BCUT2D eigenvalue weighted by molar-refractivity contribution is 0.0748. The number of nitrogens with zero attached hydrogens (tertiary/aromatic N) is 2. The molecule has 0 bridgehead atoms. The molecule has 0 saturated heterocycles. The van der Waals surface area contributed by atoms with Gasteiger partial charge in [0.25, 0.3) is 5.56 Å². The Balaban J connectivity index is 2.44. The molecule has 0 unspecified atom stereocenters. The van der Waals surface area contributed by atoms with Crippen LogP contribution in [-0.4, -0.2) is 33.8 Å². The summed E-state index contributed by atoms with van der Waals surface area (Å²) in [6.45, 7) is 14.2. The van der Waals surface area contributed by atoms with Crippen LogP contribution in [0.25, 0.3) is 10.8 Å². The molecule has 1 heterocycles. The van der Waals surface area contributed by atoms with E-state index in [1.165, 1.54) is 0 Å². The van der Waals surface area contributed by atoms with Crippen molar-refractivity contribution in [3.05, 3.63) is 39.8 Å². The summed E-state index contributed by atoms with van der Waals surface area (Å²) < 4.78 is 49.4. The van der Waals surface area contributed by atoms with Crippen molar-refractivity contribution in [2.75, 3.05) is 6.61 Å². The number of nitrogens with one attached hydrogen (secondary N) is 1. The zero-order chi connectivity index (χ0) is 22.9. The molecule has 30 heavy (non-hydrogen) atoms. The van der Waals surface area contributed by atoms with Crippen molar-refractivity contribution < 1.29 is 18.1 Å². The molecule has 10 heteroatoms. The van der Waals surface area contributed by atoms with Gasteiger partial charge in [-0.3, -0.25) is 4.79 Å². The highest BCUT2D eigenvalue weighted by Gasteiger charge is 2.30. The van der Waals surface area contributed by atoms with E-state index in [4.69, 9.17) is 4.74 Å². The molecule has 0 amide bonds. The number of aromatic nitrogens is 2. The maximum atomic E-state index is 13.9. The Morgan fingerprint density at radius 1 is 1.23 bits per heavy atom. The lowest BCUT2D eigenvalue weighted by Gasteiger charge is -2.26. The molecule has 1 aromatic carbocycles. The first-order chi connectivity index (χ1) is 13.7. The fourth-order valence-corrected chi connectivity index (χ4v) is 4.18. The second-order valence-electron chi connectivity index (χ2n) is 9.57. The van der Waals surface area contributed by atoms with Crippen molar-refractivity contribution in [1.29, 1.82) is 0 Å². The Kier molecular flexibility index (Phi) is 7.84. The summed E-state index contributed by atoms with van der Waals surface area (Å²) in [7, 11) is -1.30. The van der Waals surface area contributed by atoms with Crippen LogP contribution >= 0.6 is 0 Å². The van der Waals surface area contributed by atoms with Gasteiger partial charge in [-0.15, -0.1) is 4.72 Å². The summed E-state index contributed by atoms with van der Waals surface area (Å²) >= 11 is -1.42. The van der Waals surface area contributed by atoms with E-state index in [1.807, 2.05) is 20.8 Å². The molecule has 2 aromatic rings. The molecule has 0 spiro atoms. The number of benzene rings is 1. The summed E-state index contributed by atoms with van der Waals surface area (Å²) in [5.74, 6) is -2.18. The molecule has 168 valence electrons. The smallest absolute Gasteiger partial charge is 0.276 e. The van der Waals surface area contributed by atoms with Gasteiger partial charge in [0.15, 0.2) is 11.6 Å². The van der Waals surface area contributed by atoms with Crippen LogP contribution < -0.4 is 10.3 Å². The van der Waals surface area contributed by atoms with E-state index in [9.17, 15) is 18.1 Å². The topological polar surface area (TPSA) is 79.2 Å². The van der Waals surface area contributed by atoms with E-state index < -0.39 is 47.4 Å². The highest BCUT2D eigenvalue weighted by atomic mass is 32.2. The van der Waals surface area contributed by atoms with Gasteiger partial charge in [-0.1, -0.05) is 19.6 Å². The van der Waals surface area contributed by atoms with Crippen molar-refractivity contribution in [2.45, 2.75) is 70.9 Å². The zero-order valence-electron chi connectivity index (χ0n) is 18.6. The van der Waals surface area contributed by atoms with E-state index in [0.29, 0.717) is 12.3 Å². The maximum absolute atomic E-state index is 13.9. The quantitative estimate of drug-likeness (QED) is 0.365. The van der Waals surface area contributed by atoms with Gasteiger partial charge < -0.3 is 9.29 Å². The largest absolute Gasteiger partial charge is 0.598 e. The van der Waals surface area contributed by atoms with E-state index in [-0.39, 0.29) is 17.5 Å². The van der Waals surface area contributed by atoms with Gasteiger partial charge in [0.1, 0.15) is 11.5 Å². The SMILES string of the molecule is C[C@@H](N[S@@+]([O-])C(C)(C)C)c1nn(COCC[Si](C)(C)C)c(=O)c2cc(F)c(F)cc12. The van der Waals surface area contributed by atoms with Crippen molar-refractivity contribution >= 4 is 30.2 Å². The lowest BCUT2D eigenvalue weighted by Crippen LogP contribution is -2.41. The van der Waals surface area contributed by atoms with E-state index in [1.54, 1.807) is 6.92 Å². The minimum Gasteiger partial charge on any atom is -0.598 e. The van der Waals surface area contributed by atoms with Crippen molar-refractivity contribution in [2.24, 2.45) is 0 Å². The van der Waals surface area contributed by atoms with Crippen LogP contribution in [-0.2, 0) is 22.8 Å². The lowest BCUT2D eigenvalue weighted by atomic mass is 10.1. The van der Waals surface area contributed by atoms with Gasteiger partial charge in [0.2, 0.25) is 0 Å². The molecule has 2 rings (SSSR count). The minimum atomic E-state index is -1.42. The monoisotopic (exact) mass is 459 g/mol. The molecule has 6 nitrogen and oxygen atoms in total. The third-order valence-electron chi connectivity index (χ3n) is 4.49. The van der Waals surface area contributed by atoms with Crippen LogP contribution in [0.2, 0.25) is 25.7 Å². The number of halogens is 2. The van der Waals surface area contributed by atoms with E-state index >= 15 is 0 Å². The van der Waals surface area contributed by atoms with E-state index in [2.05, 4.69) is 29.5 Å². The highest BCUT2D eigenvalue weighted by Crippen LogP contribution is 2.25. The summed E-state index contributed by atoms with van der Waals surface area (Å²) in [5, 5.41) is 4.53. The van der Waals surface area contributed by atoms with Gasteiger partial charge >= 0.3 is 0 Å². The van der Waals surface area contributed by atoms with Crippen LogP contribution in [0.15, 0.2) is 16.9 Å². The van der Waals surface area contributed by atoms with Crippen LogP contribution in [0.1, 0.15) is 39.4 Å². The molecule has 0 aliphatic rings. The molecule has 0 saturated carbocycles. The normalized spacial score (nSPS) is 14.9. The first-order valence-corrected chi connectivity index (χ1v) is 14.7. The highest BCUT2D eigenvalue weighted by molar-refractivity contribution is 7.90. The molecule has 0 radical (unpaired) electrons. The van der Waals surface area contributed by atoms with Gasteiger partial charge in [0.05, 0.1) is 17.1 Å².